The molecule has 2 aliphatic rings. The summed E-state index contributed by atoms with van der Waals surface area (Å²) in [5.74, 6) is 0.829. The van der Waals surface area contributed by atoms with Gasteiger partial charge in [-0.2, -0.15) is 0 Å². The maximum absolute atomic E-state index is 11.8. The summed E-state index contributed by atoms with van der Waals surface area (Å²) < 4.78 is 1.90. The topological polar surface area (TPSA) is 25.2 Å². The van der Waals surface area contributed by atoms with Crippen molar-refractivity contribution in [2.24, 2.45) is 5.92 Å². The predicted octanol–water partition coefficient (Wildman–Crippen LogP) is 1.22. The molecule has 0 unspecified atom stereocenters. The molecular formula is C12H14N2OS. The smallest absolute Gasteiger partial charge is 0.250 e. The fraction of sp³-hybridized carbons (Fsp3) is 0.500. The lowest BCUT2D eigenvalue weighted by atomic mass is 9.83. The Morgan fingerprint density at radius 1 is 1.31 bits per heavy atom. The first-order valence-electron chi connectivity index (χ1n) is 5.61. The Balaban J connectivity index is 2.12. The number of piperidine rings is 1. The van der Waals surface area contributed by atoms with Gasteiger partial charge >= 0.3 is 0 Å². The summed E-state index contributed by atoms with van der Waals surface area (Å²) in [5, 5.41) is 0. The van der Waals surface area contributed by atoms with E-state index in [1.807, 2.05) is 10.6 Å². The monoisotopic (exact) mass is 234 g/mol. The van der Waals surface area contributed by atoms with E-state index in [1.54, 1.807) is 6.07 Å². The molecule has 1 saturated heterocycles. The number of hydrogen-bond acceptors (Lipinski definition) is 2. The number of nitrogens with zero attached hydrogens (tertiary/aromatic N) is 2. The second-order valence-electron chi connectivity index (χ2n) is 4.75. The summed E-state index contributed by atoms with van der Waals surface area (Å²) >= 11 is 5.42. The first kappa shape index (κ1) is 10.0. The molecule has 16 heavy (non-hydrogen) atoms. The van der Waals surface area contributed by atoms with Gasteiger partial charge in [-0.15, -0.1) is 0 Å². The number of likely N-dealkylation sites (N-methyl/N-ethyl adjacent to an activating group) is 1. The number of aromatic nitrogens is 1. The van der Waals surface area contributed by atoms with Crippen LogP contribution in [0.25, 0.3) is 0 Å². The fourth-order valence-electron chi connectivity index (χ4n) is 2.93. The lowest BCUT2D eigenvalue weighted by molar-refractivity contribution is 0.280. The molecule has 1 aromatic rings. The number of likely N-dealkylation sites (tertiary alicyclic amines) is 1. The van der Waals surface area contributed by atoms with E-state index in [1.165, 1.54) is 5.69 Å². The zero-order valence-electron chi connectivity index (χ0n) is 9.22. The van der Waals surface area contributed by atoms with Gasteiger partial charge in [0.2, 0.25) is 0 Å². The van der Waals surface area contributed by atoms with Crippen LogP contribution in [0.2, 0.25) is 0 Å². The van der Waals surface area contributed by atoms with E-state index in [9.17, 15) is 4.79 Å². The minimum Gasteiger partial charge on any atom is -0.368 e. The molecule has 84 valence electrons. The van der Waals surface area contributed by atoms with Crippen LogP contribution in [-0.4, -0.2) is 28.0 Å². The zero-order chi connectivity index (χ0) is 11.3. The van der Waals surface area contributed by atoms with Gasteiger partial charge in [0.25, 0.3) is 5.56 Å². The lowest BCUT2D eigenvalue weighted by Gasteiger charge is -2.42. The molecule has 2 aliphatic heterocycles. The average Bonchev–Trinajstić information content (AvgIpc) is 2.27. The quantitative estimate of drug-likeness (QED) is 0.631. The standard InChI is InChI=1S/C12H14N2OS/c1-13-6-8-5-9(12(13)16)7-14-10(8)3-2-4-11(14)15/h2-4,8-9H,5-7H2,1H3/t8-,9-/m1/s1. The summed E-state index contributed by atoms with van der Waals surface area (Å²) in [6.45, 7) is 1.70. The highest BCUT2D eigenvalue weighted by molar-refractivity contribution is 7.80. The molecule has 0 N–H and O–H groups in total. The van der Waals surface area contributed by atoms with Gasteiger partial charge in [-0.1, -0.05) is 18.3 Å². The summed E-state index contributed by atoms with van der Waals surface area (Å²) in [7, 11) is 2.05. The van der Waals surface area contributed by atoms with Crippen LogP contribution >= 0.6 is 12.2 Å². The molecule has 0 spiro atoms. The Labute approximate surface area is 99.7 Å². The van der Waals surface area contributed by atoms with Crippen LogP contribution in [0, 0.1) is 5.92 Å². The molecule has 3 rings (SSSR count). The number of pyridine rings is 1. The maximum Gasteiger partial charge on any atom is 0.250 e. The normalized spacial score (nSPS) is 27.8. The molecule has 0 radical (unpaired) electrons. The Bertz CT molecular complexity index is 508. The van der Waals surface area contributed by atoms with Gasteiger partial charge in [-0.3, -0.25) is 4.79 Å². The SMILES string of the molecule is CN1C[C@H]2C[C@H](Cn3c2cccc3=O)C1=S. The number of rotatable bonds is 0. The van der Waals surface area contributed by atoms with Gasteiger partial charge in [-0.25, -0.2) is 0 Å². The number of hydrogen-bond donors (Lipinski definition) is 0. The number of fused-ring (bicyclic) bond motifs is 4. The van der Waals surface area contributed by atoms with Crippen molar-refractivity contribution in [3.05, 3.63) is 34.2 Å². The lowest BCUT2D eigenvalue weighted by Crippen LogP contribution is -2.48. The van der Waals surface area contributed by atoms with Gasteiger partial charge in [0.15, 0.2) is 0 Å². The van der Waals surface area contributed by atoms with Gasteiger partial charge in [-0.05, 0) is 12.5 Å². The van der Waals surface area contributed by atoms with E-state index >= 15 is 0 Å². The van der Waals surface area contributed by atoms with Crippen LogP contribution in [0.5, 0.6) is 0 Å². The molecule has 0 aliphatic carbocycles. The Kier molecular flexibility index (Phi) is 2.14. The molecule has 2 atom stereocenters. The molecule has 3 nitrogen and oxygen atoms in total. The van der Waals surface area contributed by atoms with E-state index in [0.29, 0.717) is 11.8 Å². The van der Waals surface area contributed by atoms with Crippen LogP contribution in [0.1, 0.15) is 18.0 Å². The molecule has 0 amide bonds. The Hall–Kier alpha value is -1.16. The molecular weight excluding hydrogens is 220 g/mol. The van der Waals surface area contributed by atoms with Crippen LogP contribution in [0.4, 0.5) is 0 Å². The van der Waals surface area contributed by atoms with Gasteiger partial charge in [0.1, 0.15) is 0 Å². The van der Waals surface area contributed by atoms with E-state index < -0.39 is 0 Å². The molecule has 1 fully saturated rings. The van der Waals surface area contributed by atoms with Crippen LogP contribution < -0.4 is 5.56 Å². The summed E-state index contributed by atoms with van der Waals surface area (Å²) in [6, 6.07) is 5.57. The second-order valence-corrected chi connectivity index (χ2v) is 5.17. The van der Waals surface area contributed by atoms with Crippen molar-refractivity contribution < 1.29 is 0 Å². The van der Waals surface area contributed by atoms with Gasteiger partial charge in [0, 0.05) is 43.7 Å². The average molecular weight is 234 g/mol. The van der Waals surface area contributed by atoms with Crippen LogP contribution in [0.15, 0.2) is 23.0 Å². The first-order chi connectivity index (χ1) is 7.66. The van der Waals surface area contributed by atoms with E-state index in [-0.39, 0.29) is 5.56 Å². The maximum atomic E-state index is 11.8. The number of thiocarbonyl (C=S) groups is 1. The minimum absolute atomic E-state index is 0.111. The van der Waals surface area contributed by atoms with Crippen LogP contribution in [0.3, 0.4) is 0 Å². The fourth-order valence-corrected chi connectivity index (χ4v) is 3.17. The van der Waals surface area contributed by atoms with Crippen molar-refractivity contribution in [2.75, 3.05) is 13.6 Å². The molecule has 2 bridgehead atoms. The minimum atomic E-state index is 0.111. The van der Waals surface area contributed by atoms with Crippen molar-refractivity contribution in [3.8, 4) is 0 Å². The van der Waals surface area contributed by atoms with Crippen molar-refractivity contribution in [3.63, 3.8) is 0 Å². The summed E-state index contributed by atoms with van der Waals surface area (Å²) in [6.07, 6.45) is 1.10. The highest BCUT2D eigenvalue weighted by atomic mass is 32.1. The first-order valence-corrected chi connectivity index (χ1v) is 6.02. The molecule has 4 heteroatoms. The highest BCUT2D eigenvalue weighted by Gasteiger charge is 2.36. The van der Waals surface area contributed by atoms with Crippen molar-refractivity contribution in [2.45, 2.75) is 18.9 Å². The predicted molar refractivity (Wildman–Crippen MR) is 66.8 cm³/mol. The Morgan fingerprint density at radius 2 is 2.12 bits per heavy atom. The van der Waals surface area contributed by atoms with Crippen LogP contribution in [-0.2, 0) is 6.54 Å². The van der Waals surface area contributed by atoms with Gasteiger partial charge < -0.3 is 9.47 Å². The van der Waals surface area contributed by atoms with Crippen molar-refractivity contribution >= 4 is 17.2 Å². The summed E-state index contributed by atoms with van der Waals surface area (Å²) in [4.78, 5) is 15.0. The van der Waals surface area contributed by atoms with E-state index in [2.05, 4.69) is 18.0 Å². The molecule has 3 heterocycles. The highest BCUT2D eigenvalue weighted by Crippen LogP contribution is 2.35. The zero-order valence-corrected chi connectivity index (χ0v) is 10.0. The third-order valence-corrected chi connectivity index (χ3v) is 4.34. The van der Waals surface area contributed by atoms with E-state index in [0.717, 1.165) is 24.5 Å². The van der Waals surface area contributed by atoms with Crippen molar-refractivity contribution in [1.29, 1.82) is 0 Å². The summed E-state index contributed by atoms with van der Waals surface area (Å²) in [5.41, 5.74) is 1.29. The Morgan fingerprint density at radius 3 is 2.94 bits per heavy atom. The molecule has 0 saturated carbocycles. The van der Waals surface area contributed by atoms with E-state index in [4.69, 9.17) is 12.2 Å². The largest absolute Gasteiger partial charge is 0.368 e. The molecule has 1 aromatic heterocycles. The third-order valence-electron chi connectivity index (χ3n) is 3.69. The third kappa shape index (κ3) is 1.33. The second kappa shape index (κ2) is 3.42. The van der Waals surface area contributed by atoms with Gasteiger partial charge in [0.05, 0.1) is 4.99 Å². The molecule has 0 aromatic carbocycles. The van der Waals surface area contributed by atoms with Crippen molar-refractivity contribution in [1.82, 2.24) is 9.47 Å².